The van der Waals surface area contributed by atoms with Crippen molar-refractivity contribution in [3.8, 4) is 0 Å². The molecular weight excluding hydrogens is 298 g/mol. The molecule has 0 unspecified atom stereocenters. The maximum absolute atomic E-state index is 4.95. The minimum absolute atomic E-state index is 0.0136. The Morgan fingerprint density at radius 1 is 1.48 bits per heavy atom. The van der Waals surface area contributed by atoms with Gasteiger partial charge in [-0.25, -0.2) is 4.99 Å². The molecular formula is C21H33NS. The van der Waals surface area contributed by atoms with E-state index in [-0.39, 0.29) is 5.54 Å². The van der Waals surface area contributed by atoms with Gasteiger partial charge in [-0.2, -0.15) is 0 Å². The normalized spacial score (nSPS) is 34.7. The van der Waals surface area contributed by atoms with Gasteiger partial charge in [0.05, 0.1) is 10.7 Å². The molecule has 0 radical (unpaired) electrons. The molecule has 0 spiro atoms. The maximum atomic E-state index is 4.95. The van der Waals surface area contributed by atoms with Crippen molar-refractivity contribution in [3.05, 3.63) is 23.3 Å². The van der Waals surface area contributed by atoms with E-state index >= 15 is 0 Å². The van der Waals surface area contributed by atoms with Gasteiger partial charge in [0.2, 0.25) is 0 Å². The van der Waals surface area contributed by atoms with Crippen LogP contribution in [0.5, 0.6) is 0 Å². The van der Waals surface area contributed by atoms with E-state index in [0.29, 0.717) is 11.8 Å². The van der Waals surface area contributed by atoms with Crippen LogP contribution in [0.3, 0.4) is 0 Å². The fourth-order valence-electron chi connectivity index (χ4n) is 4.84. The third kappa shape index (κ3) is 4.43. The van der Waals surface area contributed by atoms with E-state index in [2.05, 4.69) is 56.9 Å². The van der Waals surface area contributed by atoms with Gasteiger partial charge in [-0.1, -0.05) is 30.2 Å². The lowest BCUT2D eigenvalue weighted by Gasteiger charge is -2.50. The number of thiocarbonyl (C=S) groups is 1. The molecule has 5 atom stereocenters. The molecule has 0 amide bonds. The van der Waals surface area contributed by atoms with Crippen LogP contribution in [0.1, 0.15) is 73.1 Å². The van der Waals surface area contributed by atoms with Crippen molar-refractivity contribution in [2.45, 2.75) is 78.7 Å². The first kappa shape index (κ1) is 18.6. The van der Waals surface area contributed by atoms with Crippen LogP contribution >= 0.6 is 12.2 Å². The van der Waals surface area contributed by atoms with Crippen molar-refractivity contribution in [2.75, 3.05) is 0 Å². The number of aliphatic imine (C=N–C) groups is 1. The zero-order valence-electron chi connectivity index (χ0n) is 15.6. The number of rotatable bonds is 5. The Hall–Kier alpha value is -0.720. The molecule has 0 aliphatic heterocycles. The summed E-state index contributed by atoms with van der Waals surface area (Å²) in [6.07, 6.45) is 12.4. The van der Waals surface area contributed by atoms with Crippen molar-refractivity contribution < 1.29 is 0 Å². The SMILES string of the molecule is CC(C)=CCC[C@H](C)[C@@H]1CC[C@@](C)(N=C=S)[C@@H]2CCC(C)=C[C@@H]12. The largest absolute Gasteiger partial charge is 0.226 e. The smallest absolute Gasteiger partial charge is 0.0716 e. The first-order valence-corrected chi connectivity index (χ1v) is 9.68. The average molecular weight is 332 g/mol. The van der Waals surface area contributed by atoms with Crippen LogP contribution in [0.25, 0.3) is 0 Å². The molecule has 1 fully saturated rings. The predicted octanol–water partition coefficient (Wildman–Crippen LogP) is 6.61. The molecule has 2 aliphatic rings. The third-order valence-corrected chi connectivity index (χ3v) is 6.37. The number of nitrogens with zero attached hydrogens (tertiary/aromatic N) is 1. The Kier molecular flexibility index (Phi) is 6.40. The summed E-state index contributed by atoms with van der Waals surface area (Å²) in [5, 5.41) is 2.69. The molecule has 2 heteroatoms. The maximum Gasteiger partial charge on any atom is 0.0716 e. The Morgan fingerprint density at radius 3 is 2.87 bits per heavy atom. The number of hydrogen-bond donors (Lipinski definition) is 0. The molecule has 0 aromatic rings. The van der Waals surface area contributed by atoms with E-state index in [4.69, 9.17) is 12.2 Å². The van der Waals surface area contributed by atoms with Gasteiger partial charge in [0.25, 0.3) is 0 Å². The van der Waals surface area contributed by atoms with Crippen LogP contribution in [0.2, 0.25) is 0 Å². The summed E-state index contributed by atoms with van der Waals surface area (Å²) >= 11 is 4.95. The fraction of sp³-hybridized carbons (Fsp3) is 0.762. The quantitative estimate of drug-likeness (QED) is 0.313. The van der Waals surface area contributed by atoms with Crippen LogP contribution in [0.15, 0.2) is 28.3 Å². The lowest BCUT2D eigenvalue weighted by molar-refractivity contribution is 0.0619. The first-order chi connectivity index (χ1) is 10.9. The minimum Gasteiger partial charge on any atom is -0.226 e. The van der Waals surface area contributed by atoms with Gasteiger partial charge >= 0.3 is 0 Å². The van der Waals surface area contributed by atoms with E-state index in [1.807, 2.05) is 0 Å². The van der Waals surface area contributed by atoms with Gasteiger partial charge in [0.1, 0.15) is 0 Å². The van der Waals surface area contributed by atoms with Crippen molar-refractivity contribution in [1.82, 2.24) is 0 Å². The molecule has 0 bridgehead atoms. The second-order valence-electron chi connectivity index (χ2n) is 8.33. The van der Waals surface area contributed by atoms with Crippen LogP contribution in [-0.2, 0) is 0 Å². The second kappa shape index (κ2) is 7.90. The van der Waals surface area contributed by atoms with Gasteiger partial charge in [-0.3, -0.25) is 0 Å². The fourth-order valence-corrected chi connectivity index (χ4v) is 5.05. The van der Waals surface area contributed by atoms with E-state index in [0.717, 1.165) is 11.8 Å². The lowest BCUT2D eigenvalue weighted by atomic mass is 9.57. The zero-order chi connectivity index (χ0) is 17.0. The average Bonchev–Trinajstić information content (AvgIpc) is 2.47. The van der Waals surface area contributed by atoms with Crippen molar-refractivity contribution in [2.24, 2.45) is 28.7 Å². The summed E-state index contributed by atoms with van der Waals surface area (Å²) < 4.78 is 0. The molecule has 23 heavy (non-hydrogen) atoms. The highest BCUT2D eigenvalue weighted by Gasteiger charge is 2.47. The van der Waals surface area contributed by atoms with Gasteiger partial charge in [-0.15, -0.1) is 0 Å². The van der Waals surface area contributed by atoms with Gasteiger partial charge in [0, 0.05) is 0 Å². The Balaban J connectivity index is 2.17. The zero-order valence-corrected chi connectivity index (χ0v) is 16.4. The van der Waals surface area contributed by atoms with E-state index in [1.165, 1.54) is 44.1 Å². The summed E-state index contributed by atoms with van der Waals surface area (Å²) in [6, 6.07) is 0. The molecule has 0 aromatic carbocycles. The third-order valence-electron chi connectivity index (χ3n) is 6.27. The summed E-state index contributed by atoms with van der Waals surface area (Å²) in [4.78, 5) is 4.63. The van der Waals surface area contributed by atoms with Crippen molar-refractivity contribution in [3.63, 3.8) is 0 Å². The minimum atomic E-state index is 0.0136. The van der Waals surface area contributed by atoms with Crippen LogP contribution in [0, 0.1) is 23.7 Å². The molecule has 2 rings (SSSR count). The highest BCUT2D eigenvalue weighted by atomic mass is 32.1. The summed E-state index contributed by atoms with van der Waals surface area (Å²) in [6.45, 7) is 11.5. The topological polar surface area (TPSA) is 12.4 Å². The summed E-state index contributed by atoms with van der Waals surface area (Å²) in [5.41, 5.74) is 3.03. The lowest BCUT2D eigenvalue weighted by Crippen LogP contribution is -2.47. The van der Waals surface area contributed by atoms with Gasteiger partial charge in [0.15, 0.2) is 0 Å². The molecule has 0 aromatic heterocycles. The number of isothiocyanates is 1. The van der Waals surface area contributed by atoms with E-state index < -0.39 is 0 Å². The summed E-state index contributed by atoms with van der Waals surface area (Å²) in [7, 11) is 0. The van der Waals surface area contributed by atoms with E-state index in [9.17, 15) is 0 Å². The Bertz CT molecular complexity index is 522. The highest BCUT2D eigenvalue weighted by Crippen LogP contribution is 2.51. The standard InChI is InChI=1S/C21H33NS/c1-15(2)7-6-8-17(4)18-11-12-21(5,22-14-23)20-10-9-16(3)13-19(18)20/h7,13,17-20H,6,8-12H2,1-5H3/t17-,18-,19-,20+,21+/m0/s1. The second-order valence-corrected chi connectivity index (χ2v) is 8.52. The van der Waals surface area contributed by atoms with E-state index in [1.54, 1.807) is 5.57 Å². The van der Waals surface area contributed by atoms with Crippen LogP contribution in [0.4, 0.5) is 0 Å². The molecule has 0 saturated heterocycles. The molecule has 2 aliphatic carbocycles. The summed E-state index contributed by atoms with van der Waals surface area (Å²) in [5.74, 6) is 2.90. The first-order valence-electron chi connectivity index (χ1n) is 9.27. The van der Waals surface area contributed by atoms with Crippen molar-refractivity contribution >= 4 is 17.4 Å². The number of allylic oxidation sites excluding steroid dienone is 4. The molecule has 0 heterocycles. The van der Waals surface area contributed by atoms with Gasteiger partial charge < -0.3 is 0 Å². The van der Waals surface area contributed by atoms with Crippen molar-refractivity contribution in [1.29, 1.82) is 0 Å². The molecule has 1 saturated carbocycles. The van der Waals surface area contributed by atoms with Crippen LogP contribution in [-0.4, -0.2) is 10.7 Å². The monoisotopic (exact) mass is 331 g/mol. The Labute approximate surface area is 148 Å². The number of hydrogen-bond acceptors (Lipinski definition) is 2. The molecule has 0 N–H and O–H groups in total. The van der Waals surface area contributed by atoms with Gasteiger partial charge in [-0.05, 0) is 102 Å². The highest BCUT2D eigenvalue weighted by molar-refractivity contribution is 7.78. The molecule has 1 nitrogen and oxygen atoms in total. The predicted molar refractivity (Wildman–Crippen MR) is 104 cm³/mol. The Morgan fingerprint density at radius 2 is 2.22 bits per heavy atom. The number of fused-ring (bicyclic) bond motifs is 1. The van der Waals surface area contributed by atoms with Crippen LogP contribution < -0.4 is 0 Å². The molecule has 128 valence electrons.